The van der Waals surface area contributed by atoms with Crippen LogP contribution in [0, 0.1) is 18.8 Å². The third-order valence-electron chi connectivity index (χ3n) is 6.76. The van der Waals surface area contributed by atoms with Gasteiger partial charge < -0.3 is 10.6 Å². The Kier molecular flexibility index (Phi) is 7.24. The molecule has 34 heavy (non-hydrogen) atoms. The first-order valence-corrected chi connectivity index (χ1v) is 12.3. The molecule has 180 valence electrons. The lowest BCUT2D eigenvalue weighted by atomic mass is 9.91. The molecule has 2 N–H and O–H groups in total. The highest BCUT2D eigenvalue weighted by Gasteiger charge is 2.26. The highest BCUT2D eigenvalue weighted by atomic mass is 16.3. The van der Waals surface area contributed by atoms with E-state index in [0.29, 0.717) is 12.1 Å². The Morgan fingerprint density at radius 2 is 1.82 bits per heavy atom. The van der Waals surface area contributed by atoms with Gasteiger partial charge in [-0.2, -0.15) is 10.0 Å². The van der Waals surface area contributed by atoms with Gasteiger partial charge in [-0.15, -0.1) is 0 Å². The van der Waals surface area contributed by atoms with E-state index in [9.17, 15) is 9.70 Å². The van der Waals surface area contributed by atoms with Crippen LogP contribution in [-0.4, -0.2) is 32.8 Å². The number of pyridine rings is 1. The Morgan fingerprint density at radius 1 is 1.12 bits per heavy atom. The van der Waals surface area contributed by atoms with Crippen molar-refractivity contribution in [1.29, 1.82) is 0 Å². The van der Waals surface area contributed by atoms with E-state index in [0.717, 1.165) is 54.4 Å². The van der Waals surface area contributed by atoms with Crippen molar-refractivity contribution >= 4 is 22.6 Å². The zero-order chi connectivity index (χ0) is 24.2. The molecule has 0 spiro atoms. The van der Waals surface area contributed by atoms with Crippen LogP contribution >= 0.6 is 0 Å². The molecule has 0 aliphatic heterocycles. The number of hydrogen-bond donors (Lipinski definition) is 2. The van der Waals surface area contributed by atoms with Crippen molar-refractivity contribution in [3.8, 4) is 0 Å². The molecule has 1 atom stereocenters. The fraction of sp³-hybridized carbons (Fsp3) is 0.500. The predicted molar refractivity (Wildman–Crippen MR) is 135 cm³/mol. The Balaban J connectivity index is 1.65. The lowest BCUT2D eigenvalue weighted by Crippen LogP contribution is -2.31. The van der Waals surface area contributed by atoms with E-state index in [1.165, 1.54) is 11.1 Å². The monoisotopic (exact) mass is 462 g/mol. The van der Waals surface area contributed by atoms with Gasteiger partial charge >= 0.3 is 0 Å². The third kappa shape index (κ3) is 4.95. The number of carbonyl (C=O) groups excluding carboxylic acids is 1. The molecule has 1 fully saturated rings. The molecule has 1 amide bonds. The molecule has 8 nitrogen and oxygen atoms in total. The fourth-order valence-electron chi connectivity index (χ4n) is 4.98. The van der Waals surface area contributed by atoms with Gasteiger partial charge in [-0.3, -0.25) is 4.79 Å². The van der Waals surface area contributed by atoms with Crippen molar-refractivity contribution < 1.29 is 4.79 Å². The maximum Gasteiger partial charge on any atom is 0.255 e. The standard InChI is InChI=1S/C26H34N6O2/c1-5-23(18-12-16(3)11-17(4)13-18)30-26(33)22-14-27-25-21(15-28-32(25)6-2)24(22)29-19-7-9-20(31-34)10-8-19/h11-15,19-20,23H,5-10H2,1-4H3,(H,27,29)(H,30,33). The molecule has 8 heteroatoms. The van der Waals surface area contributed by atoms with Gasteiger partial charge in [0.1, 0.15) is 0 Å². The van der Waals surface area contributed by atoms with E-state index in [-0.39, 0.29) is 24.0 Å². The molecular weight excluding hydrogens is 428 g/mol. The van der Waals surface area contributed by atoms with Crippen LogP contribution in [0.5, 0.6) is 0 Å². The molecule has 0 radical (unpaired) electrons. The second kappa shape index (κ2) is 10.3. The van der Waals surface area contributed by atoms with Crippen molar-refractivity contribution in [3.05, 3.63) is 57.8 Å². The van der Waals surface area contributed by atoms with Gasteiger partial charge in [0.25, 0.3) is 5.91 Å². The zero-order valence-corrected chi connectivity index (χ0v) is 20.5. The maximum absolute atomic E-state index is 13.6. The largest absolute Gasteiger partial charge is 0.381 e. The normalized spacial score (nSPS) is 19.1. The number of amides is 1. The predicted octanol–water partition coefficient (Wildman–Crippen LogP) is 5.44. The highest BCUT2D eigenvalue weighted by molar-refractivity contribution is 6.06. The summed E-state index contributed by atoms with van der Waals surface area (Å²) in [5.74, 6) is -0.157. The fourth-order valence-corrected chi connectivity index (χ4v) is 4.98. The number of fused-ring (bicyclic) bond motifs is 1. The van der Waals surface area contributed by atoms with Gasteiger partial charge in [-0.1, -0.05) is 41.4 Å². The minimum atomic E-state index is -0.157. The summed E-state index contributed by atoms with van der Waals surface area (Å²) in [4.78, 5) is 29.1. The van der Waals surface area contributed by atoms with Crippen molar-refractivity contribution in [2.24, 2.45) is 5.18 Å². The number of anilines is 1. The van der Waals surface area contributed by atoms with E-state index in [1.54, 1.807) is 12.4 Å². The average molecular weight is 463 g/mol. The van der Waals surface area contributed by atoms with Gasteiger partial charge in [0.2, 0.25) is 0 Å². The van der Waals surface area contributed by atoms with Crippen LogP contribution in [0.2, 0.25) is 0 Å². The van der Waals surface area contributed by atoms with Gasteiger partial charge in [-0.05, 0) is 58.4 Å². The van der Waals surface area contributed by atoms with Gasteiger partial charge in [-0.25, -0.2) is 9.67 Å². The Hall–Kier alpha value is -3.29. The molecule has 3 aromatic rings. The first-order chi connectivity index (χ1) is 16.4. The van der Waals surface area contributed by atoms with Crippen LogP contribution in [0.4, 0.5) is 5.69 Å². The number of rotatable bonds is 8. The molecule has 0 saturated heterocycles. The average Bonchev–Trinajstić information content (AvgIpc) is 3.26. The highest BCUT2D eigenvalue weighted by Crippen LogP contribution is 2.31. The molecule has 2 heterocycles. The van der Waals surface area contributed by atoms with Gasteiger partial charge in [0.05, 0.1) is 34.9 Å². The first kappa shape index (κ1) is 23.9. The van der Waals surface area contributed by atoms with Gasteiger partial charge in [0, 0.05) is 18.8 Å². The number of benzene rings is 1. The van der Waals surface area contributed by atoms with Crippen LogP contribution in [-0.2, 0) is 6.54 Å². The van der Waals surface area contributed by atoms with Crippen molar-refractivity contribution in [1.82, 2.24) is 20.1 Å². The van der Waals surface area contributed by atoms with Crippen LogP contribution < -0.4 is 10.6 Å². The summed E-state index contributed by atoms with van der Waals surface area (Å²) in [6.07, 6.45) is 7.41. The number of carbonyl (C=O) groups is 1. The molecule has 4 rings (SSSR count). The Morgan fingerprint density at radius 3 is 2.44 bits per heavy atom. The van der Waals surface area contributed by atoms with Crippen LogP contribution in [0.15, 0.2) is 35.8 Å². The summed E-state index contributed by atoms with van der Waals surface area (Å²) >= 11 is 0. The SMILES string of the molecule is CCC(NC(=O)c1cnc2c(cnn2CC)c1NC1CCC(N=O)CC1)c1cc(C)cc(C)c1. The number of hydrogen-bond acceptors (Lipinski definition) is 6. The molecular formula is C26H34N6O2. The van der Waals surface area contributed by atoms with E-state index < -0.39 is 0 Å². The number of aryl methyl sites for hydroxylation is 3. The minimum Gasteiger partial charge on any atom is -0.381 e. The van der Waals surface area contributed by atoms with Crippen LogP contribution in [0.1, 0.15) is 79.0 Å². The smallest absolute Gasteiger partial charge is 0.255 e. The summed E-state index contributed by atoms with van der Waals surface area (Å²) in [6.45, 7) is 8.94. The maximum atomic E-state index is 13.6. The number of nitrogens with one attached hydrogen (secondary N) is 2. The van der Waals surface area contributed by atoms with Gasteiger partial charge in [0.15, 0.2) is 5.65 Å². The summed E-state index contributed by atoms with van der Waals surface area (Å²) in [7, 11) is 0. The first-order valence-electron chi connectivity index (χ1n) is 12.3. The second-order valence-corrected chi connectivity index (χ2v) is 9.36. The number of nitrogens with zero attached hydrogens (tertiary/aromatic N) is 4. The van der Waals surface area contributed by atoms with E-state index in [2.05, 4.69) is 64.9 Å². The number of aromatic nitrogens is 3. The van der Waals surface area contributed by atoms with Crippen molar-refractivity contribution in [3.63, 3.8) is 0 Å². The Labute approximate surface area is 200 Å². The molecule has 1 saturated carbocycles. The van der Waals surface area contributed by atoms with Crippen molar-refractivity contribution in [2.75, 3.05) is 5.32 Å². The molecule has 0 bridgehead atoms. The lowest BCUT2D eigenvalue weighted by molar-refractivity contribution is 0.0936. The Bertz CT molecular complexity index is 1160. The summed E-state index contributed by atoms with van der Waals surface area (Å²) in [5, 5.41) is 15.4. The molecule has 2 aromatic heterocycles. The molecule has 1 aromatic carbocycles. The lowest BCUT2D eigenvalue weighted by Gasteiger charge is -2.27. The van der Waals surface area contributed by atoms with E-state index >= 15 is 0 Å². The molecule has 1 unspecified atom stereocenters. The minimum absolute atomic E-state index is 0.0953. The quantitative estimate of drug-likeness (QED) is 0.434. The topological polar surface area (TPSA) is 101 Å². The third-order valence-corrected chi connectivity index (χ3v) is 6.76. The van der Waals surface area contributed by atoms with Crippen LogP contribution in [0.3, 0.4) is 0 Å². The molecule has 1 aliphatic rings. The van der Waals surface area contributed by atoms with E-state index in [4.69, 9.17) is 0 Å². The molecule has 1 aliphatic carbocycles. The summed E-state index contributed by atoms with van der Waals surface area (Å²) < 4.78 is 1.83. The zero-order valence-electron chi connectivity index (χ0n) is 20.5. The van der Waals surface area contributed by atoms with E-state index in [1.807, 2.05) is 11.6 Å². The number of nitroso groups, excluding NO2 is 1. The summed E-state index contributed by atoms with van der Waals surface area (Å²) in [5.41, 5.74) is 5.50. The van der Waals surface area contributed by atoms with Crippen LogP contribution in [0.25, 0.3) is 11.0 Å². The summed E-state index contributed by atoms with van der Waals surface area (Å²) in [6, 6.07) is 6.37. The van der Waals surface area contributed by atoms with Crippen molar-refractivity contribution in [2.45, 2.75) is 84.5 Å². The second-order valence-electron chi connectivity index (χ2n) is 9.36.